The third-order valence-corrected chi connectivity index (χ3v) is 2.36. The van der Waals surface area contributed by atoms with E-state index in [0.29, 0.717) is 0 Å². The number of carboxylic acid groups (broad SMARTS) is 1. The predicted octanol–water partition coefficient (Wildman–Crippen LogP) is -0.930. The Morgan fingerprint density at radius 3 is 1.81 bits per heavy atom. The third-order valence-electron chi connectivity index (χ3n) is 2.36. The summed E-state index contributed by atoms with van der Waals surface area (Å²) in [4.78, 5) is 11.3. The van der Waals surface area contributed by atoms with E-state index in [2.05, 4.69) is 0 Å². The van der Waals surface area contributed by atoms with Crippen LogP contribution in [-0.4, -0.2) is 20.2 Å². The van der Waals surface area contributed by atoms with E-state index in [4.69, 9.17) is 0 Å². The maximum Gasteiger partial charge on any atom is 0.395 e. The van der Waals surface area contributed by atoms with Gasteiger partial charge in [-0.3, -0.25) is 0 Å². The summed E-state index contributed by atoms with van der Waals surface area (Å²) in [6.07, 6.45) is 9.80. The summed E-state index contributed by atoms with van der Waals surface area (Å²) >= 11 is 0. The number of carbonyl (C=O) groups is 1. The lowest BCUT2D eigenvalue weighted by Gasteiger charge is -2.04. The van der Waals surface area contributed by atoms with Crippen molar-refractivity contribution in [2.75, 3.05) is 0 Å². The summed E-state index contributed by atoms with van der Waals surface area (Å²) in [7, 11) is 3.70. The van der Waals surface area contributed by atoms with Gasteiger partial charge in [-0.25, -0.2) is 13.9 Å². The maximum absolute atomic E-state index is 11.3. The lowest BCUT2D eigenvalue weighted by atomic mass is 10.4. The lowest BCUT2D eigenvalue weighted by Crippen LogP contribution is -2.30. The zero-order valence-electron chi connectivity index (χ0n) is 9.19. The minimum absolute atomic E-state index is 0.748. The molecular weight excluding hydrogens is 208 g/mol. The summed E-state index contributed by atoms with van der Waals surface area (Å²) < 4.78 is 6.89. The van der Waals surface area contributed by atoms with Gasteiger partial charge in [0.1, 0.15) is 24.8 Å². The van der Waals surface area contributed by atoms with Crippen molar-refractivity contribution in [2.45, 2.75) is 6.17 Å². The van der Waals surface area contributed by atoms with Crippen LogP contribution in [0.15, 0.2) is 37.4 Å². The molecule has 1 N–H and O–H groups in total. The molecule has 0 amide bonds. The van der Waals surface area contributed by atoms with E-state index in [1.54, 1.807) is 55.7 Å². The standard InChI is InChI=1S/C10H13N4O2/c1-11-3-5-13(7-11)9(10(15)16)14-6-4-12(2)8-14/h3-9H,1-2H3/q+1/p+1. The Morgan fingerprint density at radius 1 is 1.12 bits per heavy atom. The van der Waals surface area contributed by atoms with Gasteiger partial charge < -0.3 is 5.11 Å². The second-order valence-electron chi connectivity index (χ2n) is 3.76. The molecule has 0 spiro atoms. The normalized spacial score (nSPS) is 10.9. The Hall–Kier alpha value is -2.11. The van der Waals surface area contributed by atoms with Crippen molar-refractivity contribution in [3.05, 3.63) is 37.4 Å². The minimum atomic E-state index is -0.896. The topological polar surface area (TPSA) is 54.9 Å². The summed E-state index contributed by atoms with van der Waals surface area (Å²) in [5, 5.41) is 9.24. The van der Waals surface area contributed by atoms with E-state index in [1.165, 1.54) is 0 Å². The van der Waals surface area contributed by atoms with Crippen LogP contribution >= 0.6 is 0 Å². The average molecular weight is 222 g/mol. The molecule has 2 aromatic heterocycles. The third kappa shape index (κ3) is 1.81. The van der Waals surface area contributed by atoms with Crippen molar-refractivity contribution >= 4 is 5.97 Å². The van der Waals surface area contributed by atoms with Gasteiger partial charge in [0.05, 0.1) is 14.1 Å². The van der Waals surface area contributed by atoms with Crippen LogP contribution in [0.3, 0.4) is 0 Å². The number of aliphatic carboxylic acids is 1. The van der Waals surface area contributed by atoms with Crippen LogP contribution in [0.2, 0.25) is 0 Å². The molecule has 0 radical (unpaired) electrons. The highest BCUT2D eigenvalue weighted by Crippen LogP contribution is 2.08. The Bertz CT molecular complexity index is 474. The van der Waals surface area contributed by atoms with Crippen molar-refractivity contribution in [3.8, 4) is 0 Å². The van der Waals surface area contributed by atoms with Gasteiger partial charge in [-0.05, 0) is 0 Å². The number of hydrogen-bond donors (Lipinski definition) is 1. The van der Waals surface area contributed by atoms with Crippen molar-refractivity contribution in [1.29, 1.82) is 0 Å². The van der Waals surface area contributed by atoms with Gasteiger partial charge in [0.25, 0.3) is 0 Å². The van der Waals surface area contributed by atoms with Crippen LogP contribution in [0.25, 0.3) is 0 Å². The summed E-state index contributed by atoms with van der Waals surface area (Å²) in [5.41, 5.74) is 0. The summed E-state index contributed by atoms with van der Waals surface area (Å²) in [5.74, 6) is -0.896. The van der Waals surface area contributed by atoms with Crippen molar-refractivity contribution in [3.63, 3.8) is 0 Å². The molecule has 0 fully saturated rings. The molecule has 2 heterocycles. The van der Waals surface area contributed by atoms with E-state index < -0.39 is 12.1 Å². The number of nitrogens with zero attached hydrogens (tertiary/aromatic N) is 4. The zero-order chi connectivity index (χ0) is 11.7. The van der Waals surface area contributed by atoms with Crippen molar-refractivity contribution in [2.24, 2.45) is 14.1 Å². The SMILES string of the molecule is C[n+]1ccn(C(C(=O)O)n2cc[n+](C)c2)c1. The van der Waals surface area contributed by atoms with E-state index in [9.17, 15) is 9.90 Å². The molecule has 0 unspecified atom stereocenters. The van der Waals surface area contributed by atoms with E-state index in [1.807, 2.05) is 14.1 Å². The Morgan fingerprint density at radius 2 is 1.56 bits per heavy atom. The van der Waals surface area contributed by atoms with E-state index in [-0.39, 0.29) is 0 Å². The van der Waals surface area contributed by atoms with Gasteiger partial charge in [-0.15, -0.1) is 0 Å². The fourth-order valence-electron chi connectivity index (χ4n) is 1.64. The molecule has 0 saturated heterocycles. The molecule has 0 bridgehead atoms. The van der Waals surface area contributed by atoms with Crippen molar-refractivity contribution in [1.82, 2.24) is 9.13 Å². The molecule has 2 rings (SSSR count). The number of carboxylic acids is 1. The Balaban J connectivity index is 2.42. The fraction of sp³-hybridized carbons (Fsp3) is 0.300. The molecule has 0 aliphatic carbocycles. The number of aromatic nitrogens is 4. The molecule has 0 aromatic carbocycles. The van der Waals surface area contributed by atoms with Crippen LogP contribution in [0, 0.1) is 0 Å². The lowest BCUT2D eigenvalue weighted by molar-refractivity contribution is -0.672. The summed E-state index contributed by atoms with van der Waals surface area (Å²) in [6, 6.07) is 0. The maximum atomic E-state index is 11.3. The van der Waals surface area contributed by atoms with Crippen molar-refractivity contribution < 1.29 is 19.0 Å². The van der Waals surface area contributed by atoms with Gasteiger partial charge in [0.2, 0.25) is 12.7 Å². The van der Waals surface area contributed by atoms with Crippen LogP contribution < -0.4 is 9.13 Å². The Labute approximate surface area is 92.6 Å². The van der Waals surface area contributed by atoms with E-state index in [0.717, 1.165) is 0 Å². The van der Waals surface area contributed by atoms with Gasteiger partial charge in [0, 0.05) is 0 Å². The zero-order valence-corrected chi connectivity index (χ0v) is 9.19. The fourth-order valence-corrected chi connectivity index (χ4v) is 1.64. The Kier molecular flexibility index (Phi) is 2.47. The highest BCUT2D eigenvalue weighted by atomic mass is 16.4. The van der Waals surface area contributed by atoms with Gasteiger partial charge in [-0.1, -0.05) is 0 Å². The molecule has 84 valence electrons. The molecule has 16 heavy (non-hydrogen) atoms. The molecule has 0 atom stereocenters. The quantitative estimate of drug-likeness (QED) is 0.682. The first kappa shape index (κ1) is 10.4. The molecule has 0 saturated carbocycles. The first-order valence-corrected chi connectivity index (χ1v) is 4.86. The molecule has 6 heteroatoms. The molecule has 6 nitrogen and oxygen atoms in total. The van der Waals surface area contributed by atoms with Gasteiger partial charge in [0.15, 0.2) is 0 Å². The minimum Gasteiger partial charge on any atom is -0.475 e. The number of aryl methyl sites for hydroxylation is 2. The van der Waals surface area contributed by atoms with E-state index >= 15 is 0 Å². The first-order chi connectivity index (χ1) is 7.58. The number of hydrogen-bond acceptors (Lipinski definition) is 1. The van der Waals surface area contributed by atoms with Crippen LogP contribution in [0.1, 0.15) is 6.17 Å². The number of rotatable bonds is 3. The van der Waals surface area contributed by atoms with Crippen LogP contribution in [0.4, 0.5) is 0 Å². The highest BCUT2D eigenvalue weighted by molar-refractivity contribution is 5.71. The molecule has 0 aliphatic heterocycles. The van der Waals surface area contributed by atoms with Gasteiger partial charge in [-0.2, -0.15) is 9.13 Å². The largest absolute Gasteiger partial charge is 0.475 e. The summed E-state index contributed by atoms with van der Waals surface area (Å²) in [6.45, 7) is 0. The van der Waals surface area contributed by atoms with Crippen LogP contribution in [0.5, 0.6) is 0 Å². The smallest absolute Gasteiger partial charge is 0.395 e. The second kappa shape index (κ2) is 3.80. The monoisotopic (exact) mass is 222 g/mol. The van der Waals surface area contributed by atoms with Crippen LogP contribution in [-0.2, 0) is 18.9 Å². The number of imidazole rings is 2. The van der Waals surface area contributed by atoms with Gasteiger partial charge >= 0.3 is 12.1 Å². The second-order valence-corrected chi connectivity index (χ2v) is 3.76. The molecule has 0 aliphatic rings. The average Bonchev–Trinajstić information content (AvgIpc) is 2.76. The molecule has 2 aromatic rings. The highest BCUT2D eigenvalue weighted by Gasteiger charge is 2.31. The predicted molar refractivity (Wildman–Crippen MR) is 53.3 cm³/mol. The molecular formula is C10H14N4O2+2. The first-order valence-electron chi connectivity index (χ1n) is 4.86.